The molecule has 0 aromatic carbocycles. The average Bonchev–Trinajstić information content (AvgIpc) is 1.30. The Bertz CT molecular complexity index is 100.0. The van der Waals surface area contributed by atoms with Gasteiger partial charge in [-0.05, 0) is 18.0 Å². The zero-order valence-electron chi connectivity index (χ0n) is 4.16. The zero-order valence-corrected chi connectivity index (χ0v) is 4.97. The molecule has 0 aromatic rings. The van der Waals surface area contributed by atoms with Crippen molar-refractivity contribution in [2.75, 3.05) is 12.5 Å². The molecule has 4 nitrogen and oxygen atoms in total. The number of hydrogen-bond acceptors (Lipinski definition) is 2. The molecule has 0 spiro atoms. The maximum absolute atomic E-state index is 10.4. The maximum atomic E-state index is 10.4. The van der Waals surface area contributed by atoms with E-state index in [9.17, 15) is 4.55 Å². The highest BCUT2D eigenvalue weighted by molar-refractivity contribution is 8.26. The van der Waals surface area contributed by atoms with Crippen molar-refractivity contribution in [3.63, 3.8) is 0 Å². The second-order valence-electron chi connectivity index (χ2n) is 1.35. The topological polar surface area (TPSA) is 71.8 Å². The SMILES string of the molecule is CS(C)([O-])N=[N+]=[N-]. The van der Waals surface area contributed by atoms with E-state index in [4.69, 9.17) is 5.53 Å². The van der Waals surface area contributed by atoms with Gasteiger partial charge in [0.25, 0.3) is 0 Å². The quantitative estimate of drug-likeness (QED) is 0.293. The van der Waals surface area contributed by atoms with Crippen molar-refractivity contribution >= 4 is 10.5 Å². The van der Waals surface area contributed by atoms with Crippen LogP contribution in [0.3, 0.4) is 0 Å². The highest BCUT2D eigenvalue weighted by Crippen LogP contribution is 2.34. The van der Waals surface area contributed by atoms with E-state index >= 15 is 0 Å². The molecule has 0 amide bonds. The van der Waals surface area contributed by atoms with Gasteiger partial charge in [0.1, 0.15) is 0 Å². The van der Waals surface area contributed by atoms with Gasteiger partial charge in [-0.2, -0.15) is 0 Å². The summed E-state index contributed by atoms with van der Waals surface area (Å²) in [4.78, 5) is 2.36. The lowest BCUT2D eigenvalue weighted by Gasteiger charge is -2.30. The van der Waals surface area contributed by atoms with E-state index in [-0.39, 0.29) is 0 Å². The number of rotatable bonds is 1. The first-order valence-corrected chi connectivity index (χ1v) is 3.90. The monoisotopic (exact) mass is 120 g/mol. The van der Waals surface area contributed by atoms with Crippen LogP contribution in [0.25, 0.3) is 10.4 Å². The third-order valence-corrected chi connectivity index (χ3v) is 0.699. The van der Waals surface area contributed by atoms with Crippen LogP contribution in [0, 0.1) is 0 Å². The van der Waals surface area contributed by atoms with Crippen molar-refractivity contribution in [1.29, 1.82) is 0 Å². The minimum Gasteiger partial charge on any atom is -0.807 e. The lowest BCUT2D eigenvalue weighted by atomic mass is 11.9. The first-order valence-electron chi connectivity index (χ1n) is 1.57. The molecule has 0 saturated carbocycles. The summed E-state index contributed by atoms with van der Waals surface area (Å²) in [5.41, 5.74) is 7.68. The molecule has 0 saturated heterocycles. The second kappa shape index (κ2) is 2.07. The van der Waals surface area contributed by atoms with E-state index in [2.05, 4.69) is 9.43 Å². The van der Waals surface area contributed by atoms with Crippen LogP contribution in [0.2, 0.25) is 0 Å². The van der Waals surface area contributed by atoms with Crippen LogP contribution in [-0.4, -0.2) is 17.1 Å². The Morgan fingerprint density at radius 1 is 1.71 bits per heavy atom. The zero-order chi connectivity index (χ0) is 5.91. The van der Waals surface area contributed by atoms with E-state index in [1.54, 1.807) is 0 Å². The van der Waals surface area contributed by atoms with Crippen LogP contribution in [0.5, 0.6) is 0 Å². The van der Waals surface area contributed by atoms with Gasteiger partial charge in [-0.3, -0.25) is 0 Å². The molecule has 0 fully saturated rings. The molecular formula is C2H6N3OS-. The van der Waals surface area contributed by atoms with Gasteiger partial charge in [0.2, 0.25) is 0 Å². The molecule has 0 aliphatic heterocycles. The third-order valence-electron chi connectivity index (χ3n) is 0.233. The summed E-state index contributed by atoms with van der Waals surface area (Å²) in [5, 5.41) is 0. The minimum absolute atomic E-state index is 1.38. The van der Waals surface area contributed by atoms with Crippen LogP contribution < -0.4 is 0 Å². The molecule has 42 valence electrons. The van der Waals surface area contributed by atoms with Crippen molar-refractivity contribution in [3.8, 4) is 0 Å². The van der Waals surface area contributed by atoms with Gasteiger partial charge < -0.3 is 4.55 Å². The summed E-state index contributed by atoms with van der Waals surface area (Å²) < 4.78 is 13.3. The van der Waals surface area contributed by atoms with Gasteiger partial charge >= 0.3 is 0 Å². The van der Waals surface area contributed by atoms with E-state index in [0.717, 1.165) is 0 Å². The highest BCUT2D eigenvalue weighted by Gasteiger charge is 1.84. The Balaban J connectivity index is 3.80. The van der Waals surface area contributed by atoms with Gasteiger partial charge in [0.05, 0.1) is 0 Å². The fourth-order valence-electron chi connectivity index (χ4n) is 0.0879. The normalized spacial score (nSPS) is 12.4. The largest absolute Gasteiger partial charge is 0.807 e. The van der Waals surface area contributed by atoms with Crippen molar-refractivity contribution in [2.45, 2.75) is 0 Å². The Labute approximate surface area is 43.4 Å². The first-order chi connectivity index (χ1) is 3.06. The van der Waals surface area contributed by atoms with Gasteiger partial charge in [0.15, 0.2) is 0 Å². The molecule has 5 heteroatoms. The van der Waals surface area contributed by atoms with Crippen LogP contribution in [0.4, 0.5) is 0 Å². The molecule has 0 radical (unpaired) electrons. The van der Waals surface area contributed by atoms with Gasteiger partial charge in [-0.15, -0.1) is 0 Å². The van der Waals surface area contributed by atoms with Crippen molar-refractivity contribution in [1.82, 2.24) is 0 Å². The Morgan fingerprint density at radius 3 is 2.14 bits per heavy atom. The Hall–Kier alpha value is -0.380. The van der Waals surface area contributed by atoms with E-state index in [1.807, 2.05) is 0 Å². The lowest BCUT2D eigenvalue weighted by Crippen LogP contribution is -1.83. The summed E-state index contributed by atoms with van der Waals surface area (Å²) in [7, 11) is -2.22. The molecule has 0 rings (SSSR count). The third kappa shape index (κ3) is 5.62. The van der Waals surface area contributed by atoms with Crippen LogP contribution in [-0.2, 0) is 0 Å². The van der Waals surface area contributed by atoms with Crippen LogP contribution in [0.15, 0.2) is 4.52 Å². The van der Waals surface area contributed by atoms with E-state index < -0.39 is 10.5 Å². The second-order valence-corrected chi connectivity index (χ2v) is 3.88. The fourth-order valence-corrected chi connectivity index (χ4v) is 0.264. The number of nitrogens with zero attached hydrogens (tertiary/aromatic N) is 3. The Morgan fingerprint density at radius 2 is 2.14 bits per heavy atom. The molecule has 0 aliphatic carbocycles. The summed E-state index contributed by atoms with van der Waals surface area (Å²) >= 11 is 0. The summed E-state index contributed by atoms with van der Waals surface area (Å²) in [5.74, 6) is 0. The van der Waals surface area contributed by atoms with Crippen molar-refractivity contribution in [3.05, 3.63) is 10.4 Å². The average molecular weight is 120 g/mol. The van der Waals surface area contributed by atoms with Crippen LogP contribution >= 0.6 is 10.5 Å². The first kappa shape index (κ1) is 6.62. The van der Waals surface area contributed by atoms with Crippen molar-refractivity contribution in [2.24, 2.45) is 4.52 Å². The molecule has 0 N–H and O–H groups in total. The van der Waals surface area contributed by atoms with Crippen LogP contribution in [0.1, 0.15) is 0 Å². The summed E-state index contributed by atoms with van der Waals surface area (Å²) in [6.45, 7) is 0. The maximum Gasteiger partial charge on any atom is 0.00833 e. The van der Waals surface area contributed by atoms with Gasteiger partial charge in [0, 0.05) is 4.91 Å². The predicted octanol–water partition coefficient (Wildman–Crippen LogP) is 1.41. The van der Waals surface area contributed by atoms with E-state index in [0.29, 0.717) is 0 Å². The predicted molar refractivity (Wildman–Crippen MR) is 29.4 cm³/mol. The molecule has 0 heterocycles. The van der Waals surface area contributed by atoms with E-state index in [1.165, 1.54) is 12.5 Å². The number of hydrogen-bond donors (Lipinski definition) is 0. The standard InChI is InChI=1S/C2H7N3OS/c1-7(2,6)5-4-3/h6H,1-2H3/p-1. The molecule has 7 heavy (non-hydrogen) atoms. The molecule has 0 aromatic heterocycles. The van der Waals surface area contributed by atoms with Gasteiger partial charge in [-0.25, -0.2) is 10.5 Å². The molecular weight excluding hydrogens is 114 g/mol. The number of azide groups is 1. The summed E-state index contributed by atoms with van der Waals surface area (Å²) in [6, 6.07) is 0. The molecule has 0 unspecified atom stereocenters. The smallest absolute Gasteiger partial charge is 0.00833 e. The Kier molecular flexibility index (Phi) is 1.95. The molecule has 0 aliphatic rings. The summed E-state index contributed by atoms with van der Waals surface area (Å²) in [6.07, 6.45) is 2.76. The lowest BCUT2D eigenvalue weighted by molar-refractivity contribution is 0.595. The molecule has 0 atom stereocenters. The molecule has 0 bridgehead atoms. The van der Waals surface area contributed by atoms with Gasteiger partial charge in [-0.1, -0.05) is 4.52 Å². The van der Waals surface area contributed by atoms with Crippen molar-refractivity contribution < 1.29 is 4.55 Å². The highest BCUT2D eigenvalue weighted by atomic mass is 32.3. The minimum atomic E-state index is -2.22. The fraction of sp³-hybridized carbons (Fsp3) is 1.00.